The van der Waals surface area contributed by atoms with E-state index in [4.69, 9.17) is 16.1 Å². The van der Waals surface area contributed by atoms with Crippen LogP contribution in [0.2, 0.25) is 5.02 Å². The number of rotatable bonds is 3. The van der Waals surface area contributed by atoms with Gasteiger partial charge in [0, 0.05) is 49.7 Å². The van der Waals surface area contributed by atoms with Gasteiger partial charge in [0.25, 0.3) is 0 Å². The van der Waals surface area contributed by atoms with Crippen molar-refractivity contribution in [3.63, 3.8) is 0 Å². The Labute approximate surface area is 268 Å². The Bertz CT molecular complexity index is 2250. The highest BCUT2D eigenvalue weighted by molar-refractivity contribution is 6.40. The average molecular weight is 620 g/mol. The second-order valence-corrected chi connectivity index (χ2v) is 12.1. The molecule has 0 saturated heterocycles. The predicted molar refractivity (Wildman–Crippen MR) is 176 cm³/mol. The van der Waals surface area contributed by atoms with Crippen molar-refractivity contribution >= 4 is 64.0 Å². The number of carbonyl (C=O) groups excluding carboxylic acids is 3. The lowest BCUT2D eigenvalue weighted by Gasteiger charge is -2.40. The largest absolute Gasteiger partial charge is 0.354 e. The van der Waals surface area contributed by atoms with Gasteiger partial charge in [-0.1, -0.05) is 102 Å². The summed E-state index contributed by atoms with van der Waals surface area (Å²) >= 11 is 6.57. The molecular formula is C38H22ClN3O4. The maximum atomic E-state index is 14.7. The molecular weight excluding hydrogens is 598 g/mol. The third-order valence-corrected chi connectivity index (χ3v) is 9.50. The summed E-state index contributed by atoms with van der Waals surface area (Å²) < 4.78 is 5.92. The zero-order chi connectivity index (χ0) is 31.3. The molecule has 1 amide bonds. The van der Waals surface area contributed by atoms with Gasteiger partial charge in [0.15, 0.2) is 17.3 Å². The summed E-state index contributed by atoms with van der Waals surface area (Å²) in [7, 11) is 0. The molecule has 2 aliphatic heterocycles. The zero-order valence-electron chi connectivity index (χ0n) is 24.3. The number of aryl methyl sites for hydroxylation is 1. The third-order valence-electron chi connectivity index (χ3n) is 9.26. The molecule has 8 heteroatoms. The Morgan fingerprint density at radius 1 is 0.761 bits per heavy atom. The van der Waals surface area contributed by atoms with E-state index in [0.717, 1.165) is 5.56 Å². The predicted octanol–water partition coefficient (Wildman–Crippen LogP) is 7.73. The van der Waals surface area contributed by atoms with Crippen LogP contribution in [0.1, 0.15) is 54.4 Å². The summed E-state index contributed by atoms with van der Waals surface area (Å²) in [5.74, 6) is -0.698. The minimum Gasteiger partial charge on any atom is -0.354 e. The lowest BCUT2D eigenvalue weighted by Crippen LogP contribution is -2.47. The molecule has 1 aromatic heterocycles. The van der Waals surface area contributed by atoms with Crippen LogP contribution in [0.5, 0.6) is 0 Å². The molecule has 3 heterocycles. The third kappa shape index (κ3) is 3.27. The highest BCUT2D eigenvalue weighted by Crippen LogP contribution is 2.63. The van der Waals surface area contributed by atoms with E-state index < -0.39 is 11.3 Å². The normalized spacial score (nSPS) is 17.1. The van der Waals surface area contributed by atoms with Crippen molar-refractivity contribution in [3.8, 4) is 0 Å². The number of halogens is 1. The van der Waals surface area contributed by atoms with Crippen LogP contribution >= 0.6 is 11.6 Å². The molecule has 0 unspecified atom stereocenters. The molecule has 7 nitrogen and oxygen atoms in total. The molecule has 0 radical (unpaired) electrons. The number of ketones is 2. The van der Waals surface area contributed by atoms with Gasteiger partial charge in [0.05, 0.1) is 11.4 Å². The van der Waals surface area contributed by atoms with E-state index in [1.807, 2.05) is 78.6 Å². The Kier molecular flexibility index (Phi) is 5.41. The zero-order valence-corrected chi connectivity index (χ0v) is 25.1. The fraction of sp³-hybridized carbons (Fsp3) is 0.0526. The van der Waals surface area contributed by atoms with E-state index in [0.29, 0.717) is 67.1 Å². The first kappa shape index (κ1) is 26.6. The summed E-state index contributed by atoms with van der Waals surface area (Å²) in [5.41, 5.74) is 4.89. The number of benzene rings is 4. The summed E-state index contributed by atoms with van der Waals surface area (Å²) in [4.78, 5) is 45.9. The number of hydrogen-bond donors (Lipinski definition) is 1. The molecule has 1 spiro atoms. The molecule has 2 aliphatic carbocycles. The number of amides is 1. The monoisotopic (exact) mass is 619 g/mol. The maximum absolute atomic E-state index is 14.7. The SMILES string of the molecule is Cc1noc(/C=C/c2ccccc2)c1N1C2=C(C(=O)c3ccccc32)C2(C(=O)Nc3ccc(Cl)cc32)C2=C1c1ccccc1C2=O. The molecule has 0 atom stereocenters. The maximum Gasteiger partial charge on any atom is 0.244 e. The van der Waals surface area contributed by atoms with Gasteiger partial charge in [0.2, 0.25) is 5.91 Å². The van der Waals surface area contributed by atoms with Crippen molar-refractivity contribution in [3.05, 3.63) is 158 Å². The van der Waals surface area contributed by atoms with Crippen LogP contribution in [-0.2, 0) is 10.2 Å². The van der Waals surface area contributed by atoms with Crippen molar-refractivity contribution < 1.29 is 18.9 Å². The molecule has 5 aromatic rings. The molecule has 46 heavy (non-hydrogen) atoms. The number of Topliss-reactive ketones (excluding diaryl/α,β-unsaturated/α-hetero) is 2. The Morgan fingerprint density at radius 2 is 1.35 bits per heavy atom. The first-order chi connectivity index (χ1) is 22.4. The van der Waals surface area contributed by atoms with Gasteiger partial charge in [-0.3, -0.25) is 14.4 Å². The van der Waals surface area contributed by atoms with Crippen molar-refractivity contribution in [2.45, 2.75) is 12.3 Å². The number of hydrogen-bond acceptors (Lipinski definition) is 6. The number of anilines is 2. The first-order valence-electron chi connectivity index (χ1n) is 14.8. The molecule has 9 rings (SSSR count). The summed E-state index contributed by atoms with van der Waals surface area (Å²) in [6, 6.07) is 29.5. The number of aromatic nitrogens is 1. The molecule has 4 aliphatic rings. The van der Waals surface area contributed by atoms with Gasteiger partial charge in [-0.2, -0.15) is 0 Å². The fourth-order valence-electron chi connectivity index (χ4n) is 7.42. The second-order valence-electron chi connectivity index (χ2n) is 11.7. The van der Waals surface area contributed by atoms with Gasteiger partial charge >= 0.3 is 0 Å². The van der Waals surface area contributed by atoms with Crippen LogP contribution < -0.4 is 10.2 Å². The minimum atomic E-state index is -1.75. The molecule has 220 valence electrons. The standard InChI is InChI=1S/C38H22ClN3O4/c1-20-32(29(46-41-20)18-15-21-9-3-2-4-10-21)42-33-23-11-5-7-13-25(23)35(43)30(33)38(27-19-22(39)16-17-28(27)40-37(38)45)31-34(42)24-12-6-8-14-26(24)36(31)44/h2-19H,1H3,(H,40,45)/b18-15+. The van der Waals surface area contributed by atoms with Gasteiger partial charge in [0.1, 0.15) is 16.8 Å². The summed E-state index contributed by atoms with van der Waals surface area (Å²) in [6.07, 6.45) is 3.75. The fourth-order valence-corrected chi connectivity index (χ4v) is 7.59. The second kappa shape index (κ2) is 9.36. The topological polar surface area (TPSA) is 92.5 Å². The van der Waals surface area contributed by atoms with E-state index in [1.54, 1.807) is 42.5 Å². The van der Waals surface area contributed by atoms with Crippen LogP contribution in [0.3, 0.4) is 0 Å². The lowest BCUT2D eigenvalue weighted by atomic mass is 9.65. The number of nitrogens with one attached hydrogen (secondary N) is 1. The summed E-state index contributed by atoms with van der Waals surface area (Å²) in [5, 5.41) is 7.72. The number of carbonyl (C=O) groups is 3. The van der Waals surface area contributed by atoms with E-state index in [-0.39, 0.29) is 22.7 Å². The molecule has 4 aromatic carbocycles. The van der Waals surface area contributed by atoms with Crippen LogP contribution in [-0.4, -0.2) is 22.6 Å². The van der Waals surface area contributed by atoms with E-state index >= 15 is 0 Å². The Hall–Kier alpha value is -5.79. The molecule has 0 saturated carbocycles. The first-order valence-corrected chi connectivity index (χ1v) is 15.2. The van der Waals surface area contributed by atoms with Gasteiger partial charge in [-0.15, -0.1) is 0 Å². The molecule has 1 N–H and O–H groups in total. The van der Waals surface area contributed by atoms with Crippen LogP contribution in [0.4, 0.5) is 11.4 Å². The van der Waals surface area contributed by atoms with E-state index in [1.165, 1.54) is 0 Å². The molecule has 0 fully saturated rings. The lowest BCUT2D eigenvalue weighted by molar-refractivity contribution is -0.118. The van der Waals surface area contributed by atoms with Crippen LogP contribution in [0.25, 0.3) is 23.5 Å². The highest BCUT2D eigenvalue weighted by atomic mass is 35.5. The number of nitrogens with zero attached hydrogens (tertiary/aromatic N) is 2. The van der Waals surface area contributed by atoms with Crippen LogP contribution in [0.15, 0.2) is 113 Å². The van der Waals surface area contributed by atoms with E-state index in [2.05, 4.69) is 10.5 Å². The Balaban J connectivity index is 1.42. The highest BCUT2D eigenvalue weighted by Gasteiger charge is 2.65. The Morgan fingerprint density at radius 3 is 1.98 bits per heavy atom. The van der Waals surface area contributed by atoms with E-state index in [9.17, 15) is 14.4 Å². The average Bonchev–Trinajstić information content (AvgIpc) is 3.77. The van der Waals surface area contributed by atoms with Gasteiger partial charge in [-0.05, 0) is 36.8 Å². The summed E-state index contributed by atoms with van der Waals surface area (Å²) in [6.45, 7) is 1.83. The molecule has 0 bridgehead atoms. The van der Waals surface area contributed by atoms with Crippen molar-refractivity contribution in [2.75, 3.05) is 10.2 Å². The minimum absolute atomic E-state index is 0.200. The quantitative estimate of drug-likeness (QED) is 0.222. The van der Waals surface area contributed by atoms with Crippen LogP contribution in [0, 0.1) is 6.92 Å². The smallest absolute Gasteiger partial charge is 0.244 e. The van der Waals surface area contributed by atoms with Crippen molar-refractivity contribution in [1.82, 2.24) is 5.16 Å². The van der Waals surface area contributed by atoms with Crippen molar-refractivity contribution in [1.29, 1.82) is 0 Å². The van der Waals surface area contributed by atoms with Gasteiger partial charge in [-0.25, -0.2) is 0 Å². The van der Waals surface area contributed by atoms with Gasteiger partial charge < -0.3 is 14.7 Å². The van der Waals surface area contributed by atoms with Crippen molar-refractivity contribution in [2.24, 2.45) is 0 Å². The number of fused-ring (bicyclic) bond motifs is 8.